The molecule has 0 N–H and O–H groups in total. The van der Waals surface area contributed by atoms with Crippen molar-refractivity contribution in [3.63, 3.8) is 0 Å². The van der Waals surface area contributed by atoms with Gasteiger partial charge in [-0.25, -0.2) is 0 Å². The standard InChI is InChI=1S/C28H21NO/c30-27-28(18-21-12-4-5-13-22(21)23-14-6-7-15-24(23)28)25-16-8-9-17-26(25)29(27)19-20-10-2-1-3-11-20/h1-17H,18-19H2. The molecule has 1 unspecified atom stereocenters. The Kier molecular flexibility index (Phi) is 3.69. The van der Waals surface area contributed by atoms with Crippen LogP contribution in [0.2, 0.25) is 0 Å². The lowest BCUT2D eigenvalue weighted by Crippen LogP contribution is -2.44. The molecule has 2 aliphatic rings. The lowest BCUT2D eigenvalue weighted by molar-refractivity contribution is -0.122. The minimum atomic E-state index is -0.670. The zero-order chi connectivity index (χ0) is 20.1. The fourth-order valence-corrected chi connectivity index (χ4v) is 5.29. The van der Waals surface area contributed by atoms with Crippen LogP contribution in [0, 0.1) is 0 Å². The molecule has 1 spiro atoms. The van der Waals surface area contributed by atoms with E-state index in [4.69, 9.17) is 0 Å². The third kappa shape index (κ3) is 2.28. The molecule has 1 heterocycles. The third-order valence-electron chi connectivity index (χ3n) is 6.60. The quantitative estimate of drug-likeness (QED) is 0.429. The van der Waals surface area contributed by atoms with E-state index >= 15 is 0 Å². The van der Waals surface area contributed by atoms with Gasteiger partial charge >= 0.3 is 0 Å². The predicted octanol–water partition coefficient (Wildman–Crippen LogP) is 5.74. The van der Waals surface area contributed by atoms with E-state index in [1.54, 1.807) is 0 Å². The Bertz CT molecular complexity index is 1280. The summed E-state index contributed by atoms with van der Waals surface area (Å²) in [6, 6.07) is 35.5. The van der Waals surface area contributed by atoms with Crippen molar-refractivity contribution in [2.75, 3.05) is 4.90 Å². The van der Waals surface area contributed by atoms with Gasteiger partial charge < -0.3 is 4.90 Å². The highest BCUT2D eigenvalue weighted by atomic mass is 16.2. The lowest BCUT2D eigenvalue weighted by Gasteiger charge is -2.36. The monoisotopic (exact) mass is 387 g/mol. The fraction of sp³-hybridized carbons (Fsp3) is 0.107. The average molecular weight is 387 g/mol. The van der Waals surface area contributed by atoms with Gasteiger partial charge in [0, 0.05) is 5.69 Å². The molecule has 30 heavy (non-hydrogen) atoms. The highest BCUT2D eigenvalue weighted by molar-refractivity contribution is 6.12. The Hall–Kier alpha value is -3.65. The first-order chi connectivity index (χ1) is 14.8. The number of carbonyl (C=O) groups is 1. The van der Waals surface area contributed by atoms with Gasteiger partial charge in [-0.3, -0.25) is 4.79 Å². The molecule has 0 bridgehead atoms. The molecule has 4 aromatic rings. The minimum absolute atomic E-state index is 0.175. The summed E-state index contributed by atoms with van der Waals surface area (Å²) in [5.74, 6) is 0.175. The van der Waals surface area contributed by atoms with E-state index in [1.165, 1.54) is 16.7 Å². The molecule has 1 atom stereocenters. The van der Waals surface area contributed by atoms with E-state index in [-0.39, 0.29) is 5.91 Å². The average Bonchev–Trinajstić information content (AvgIpc) is 3.03. The van der Waals surface area contributed by atoms with E-state index in [2.05, 4.69) is 78.9 Å². The van der Waals surface area contributed by atoms with Gasteiger partial charge in [-0.05, 0) is 45.9 Å². The van der Waals surface area contributed by atoms with Crippen LogP contribution in [0.15, 0.2) is 103 Å². The summed E-state index contributed by atoms with van der Waals surface area (Å²) >= 11 is 0. The first kappa shape index (κ1) is 17.2. The second-order valence-electron chi connectivity index (χ2n) is 8.18. The van der Waals surface area contributed by atoms with Crippen molar-refractivity contribution in [2.24, 2.45) is 0 Å². The van der Waals surface area contributed by atoms with Crippen molar-refractivity contribution in [3.8, 4) is 11.1 Å². The second-order valence-corrected chi connectivity index (χ2v) is 8.18. The molecule has 4 aromatic carbocycles. The molecular weight excluding hydrogens is 366 g/mol. The number of hydrogen-bond donors (Lipinski definition) is 0. The highest BCUT2D eigenvalue weighted by Crippen LogP contribution is 2.54. The summed E-state index contributed by atoms with van der Waals surface area (Å²) in [6.07, 6.45) is 0.696. The topological polar surface area (TPSA) is 20.3 Å². The van der Waals surface area contributed by atoms with Gasteiger partial charge in [0.1, 0.15) is 5.41 Å². The summed E-state index contributed by atoms with van der Waals surface area (Å²) in [5.41, 5.74) is 7.39. The molecule has 0 fully saturated rings. The zero-order valence-corrected chi connectivity index (χ0v) is 16.6. The van der Waals surface area contributed by atoms with Crippen LogP contribution < -0.4 is 4.90 Å². The molecule has 1 aliphatic carbocycles. The second kappa shape index (κ2) is 6.43. The third-order valence-corrected chi connectivity index (χ3v) is 6.60. The van der Waals surface area contributed by atoms with Crippen LogP contribution in [0.5, 0.6) is 0 Å². The number of anilines is 1. The predicted molar refractivity (Wildman–Crippen MR) is 120 cm³/mol. The molecule has 1 aliphatic heterocycles. The largest absolute Gasteiger partial charge is 0.307 e. The maximum absolute atomic E-state index is 14.2. The van der Waals surface area contributed by atoms with Crippen LogP contribution >= 0.6 is 0 Å². The van der Waals surface area contributed by atoms with Gasteiger partial charge in [0.25, 0.3) is 0 Å². The molecule has 2 heteroatoms. The summed E-state index contributed by atoms with van der Waals surface area (Å²) < 4.78 is 0. The smallest absolute Gasteiger partial charge is 0.242 e. The number of fused-ring (bicyclic) bond motifs is 6. The number of para-hydroxylation sites is 1. The van der Waals surface area contributed by atoms with Crippen LogP contribution in [-0.2, 0) is 23.2 Å². The Labute approximate surface area is 176 Å². The molecule has 6 rings (SSSR count). The number of carbonyl (C=O) groups excluding carboxylic acids is 1. The van der Waals surface area contributed by atoms with Crippen LogP contribution in [0.3, 0.4) is 0 Å². The van der Waals surface area contributed by atoms with E-state index in [1.807, 2.05) is 29.2 Å². The van der Waals surface area contributed by atoms with Crippen LogP contribution in [0.1, 0.15) is 22.3 Å². The van der Waals surface area contributed by atoms with Crippen molar-refractivity contribution in [2.45, 2.75) is 18.4 Å². The minimum Gasteiger partial charge on any atom is -0.307 e. The summed E-state index contributed by atoms with van der Waals surface area (Å²) in [6.45, 7) is 0.586. The molecule has 0 aromatic heterocycles. The first-order valence-corrected chi connectivity index (χ1v) is 10.4. The van der Waals surface area contributed by atoms with Gasteiger partial charge in [-0.1, -0.05) is 97.1 Å². The molecule has 1 amide bonds. The SMILES string of the molecule is O=C1N(Cc2ccccc2)c2ccccc2C12Cc1ccccc1-c1ccccc12. The van der Waals surface area contributed by atoms with Crippen molar-refractivity contribution >= 4 is 11.6 Å². The van der Waals surface area contributed by atoms with E-state index in [9.17, 15) is 4.79 Å². The van der Waals surface area contributed by atoms with Gasteiger partial charge in [0.15, 0.2) is 0 Å². The molecule has 2 nitrogen and oxygen atoms in total. The first-order valence-electron chi connectivity index (χ1n) is 10.4. The van der Waals surface area contributed by atoms with Crippen molar-refractivity contribution in [3.05, 3.63) is 125 Å². The summed E-state index contributed by atoms with van der Waals surface area (Å²) in [5, 5.41) is 0. The van der Waals surface area contributed by atoms with Gasteiger partial charge in [0.05, 0.1) is 6.54 Å². The van der Waals surface area contributed by atoms with E-state index < -0.39 is 5.41 Å². The number of nitrogens with zero attached hydrogens (tertiary/aromatic N) is 1. The van der Waals surface area contributed by atoms with Gasteiger partial charge in [-0.15, -0.1) is 0 Å². The van der Waals surface area contributed by atoms with Gasteiger partial charge in [-0.2, -0.15) is 0 Å². The van der Waals surface area contributed by atoms with Crippen LogP contribution in [0.25, 0.3) is 11.1 Å². The van der Waals surface area contributed by atoms with Gasteiger partial charge in [0.2, 0.25) is 5.91 Å². The Morgan fingerprint density at radius 2 is 1.30 bits per heavy atom. The summed E-state index contributed by atoms with van der Waals surface area (Å²) in [7, 11) is 0. The molecule has 0 saturated heterocycles. The fourth-order valence-electron chi connectivity index (χ4n) is 5.29. The lowest BCUT2D eigenvalue weighted by atomic mass is 9.65. The highest BCUT2D eigenvalue weighted by Gasteiger charge is 2.54. The van der Waals surface area contributed by atoms with Crippen LogP contribution in [-0.4, -0.2) is 5.91 Å². The normalized spacial score (nSPS) is 18.8. The molecule has 144 valence electrons. The molecular formula is C28H21NO. The van der Waals surface area contributed by atoms with E-state index in [0.29, 0.717) is 13.0 Å². The number of amides is 1. The Balaban J connectivity index is 1.59. The van der Waals surface area contributed by atoms with E-state index in [0.717, 1.165) is 22.4 Å². The summed E-state index contributed by atoms with van der Waals surface area (Å²) in [4.78, 5) is 16.2. The maximum atomic E-state index is 14.2. The Morgan fingerprint density at radius 3 is 2.13 bits per heavy atom. The maximum Gasteiger partial charge on any atom is 0.242 e. The Morgan fingerprint density at radius 1 is 0.667 bits per heavy atom. The van der Waals surface area contributed by atoms with Crippen molar-refractivity contribution in [1.29, 1.82) is 0 Å². The molecule has 0 radical (unpaired) electrons. The number of hydrogen-bond acceptors (Lipinski definition) is 1. The number of benzene rings is 4. The van der Waals surface area contributed by atoms with Crippen molar-refractivity contribution in [1.82, 2.24) is 0 Å². The van der Waals surface area contributed by atoms with Crippen molar-refractivity contribution < 1.29 is 4.79 Å². The van der Waals surface area contributed by atoms with Crippen LogP contribution in [0.4, 0.5) is 5.69 Å². The zero-order valence-electron chi connectivity index (χ0n) is 16.6. The number of rotatable bonds is 2. The molecule has 0 saturated carbocycles.